The van der Waals surface area contributed by atoms with Gasteiger partial charge in [0, 0.05) is 20.2 Å². The van der Waals surface area contributed by atoms with Crippen LogP contribution >= 0.6 is 43.5 Å². The molecule has 2 fully saturated rings. The molecule has 9 heteroatoms. The predicted octanol–water partition coefficient (Wildman–Crippen LogP) is 5.03. The number of carbonyl (C=O) groups is 3. The summed E-state index contributed by atoms with van der Waals surface area (Å²) in [6.07, 6.45) is 1.23. The minimum absolute atomic E-state index is 0.153. The van der Waals surface area contributed by atoms with Crippen LogP contribution in [0.2, 0.25) is 5.02 Å². The zero-order valence-corrected chi connectivity index (χ0v) is 20.4. The summed E-state index contributed by atoms with van der Waals surface area (Å²) < 4.78 is 5.25. The van der Waals surface area contributed by atoms with Crippen LogP contribution in [0.4, 0.5) is 11.4 Å². The molecule has 1 heterocycles. The average Bonchev–Trinajstić information content (AvgIpc) is 2.98. The van der Waals surface area contributed by atoms with Crippen molar-refractivity contribution in [3.63, 3.8) is 0 Å². The molecule has 2 aromatic carbocycles. The second-order valence-corrected chi connectivity index (χ2v) is 10.4. The van der Waals surface area contributed by atoms with E-state index in [1.54, 1.807) is 42.5 Å². The fourth-order valence-corrected chi connectivity index (χ4v) is 5.49. The highest BCUT2D eigenvalue weighted by Crippen LogP contribution is 2.44. The van der Waals surface area contributed by atoms with Gasteiger partial charge in [-0.05, 0) is 55.3 Å². The lowest BCUT2D eigenvalue weighted by Crippen LogP contribution is -2.34. The van der Waals surface area contributed by atoms with E-state index in [2.05, 4.69) is 37.2 Å². The molecular weight excluding hydrogens is 552 g/mol. The van der Waals surface area contributed by atoms with E-state index in [1.807, 2.05) is 0 Å². The van der Waals surface area contributed by atoms with Crippen LogP contribution in [0.15, 0.2) is 42.5 Å². The highest BCUT2D eigenvalue weighted by atomic mass is 79.9. The van der Waals surface area contributed by atoms with Crippen LogP contribution in [0.25, 0.3) is 0 Å². The number of carbonyl (C=O) groups excluding carboxylic acids is 3. The first kappa shape index (κ1) is 22.3. The number of anilines is 2. The lowest BCUT2D eigenvalue weighted by atomic mass is 9.81. The first-order valence-corrected chi connectivity index (χ1v) is 11.9. The van der Waals surface area contributed by atoms with Gasteiger partial charge in [-0.15, -0.1) is 0 Å². The number of hydrogen-bond acceptors (Lipinski definition) is 4. The molecule has 1 saturated carbocycles. The minimum Gasteiger partial charge on any atom is -0.495 e. The third-order valence-electron chi connectivity index (χ3n) is 5.71. The highest BCUT2D eigenvalue weighted by Gasteiger charge is 2.52. The van der Waals surface area contributed by atoms with Crippen molar-refractivity contribution in [1.29, 1.82) is 0 Å². The van der Waals surface area contributed by atoms with Crippen molar-refractivity contribution in [2.45, 2.75) is 22.5 Å². The molecule has 1 aliphatic heterocycles. The van der Waals surface area contributed by atoms with Gasteiger partial charge in [-0.2, -0.15) is 0 Å². The second kappa shape index (κ2) is 8.92. The SMILES string of the molecule is COc1ccc(Cl)cc1NC(=O)c1ccc(N2C(=O)[C@H]3C[C@H](Br)[C@@H](Br)C[C@H]3C2=O)cc1. The number of hydrogen-bond donors (Lipinski definition) is 1. The van der Waals surface area contributed by atoms with Crippen molar-refractivity contribution in [2.24, 2.45) is 11.8 Å². The molecule has 4 atom stereocenters. The summed E-state index contributed by atoms with van der Waals surface area (Å²) in [5.41, 5.74) is 1.30. The van der Waals surface area contributed by atoms with Gasteiger partial charge in [0.15, 0.2) is 0 Å². The van der Waals surface area contributed by atoms with Crippen molar-refractivity contribution in [3.05, 3.63) is 53.1 Å². The van der Waals surface area contributed by atoms with Gasteiger partial charge in [0.05, 0.1) is 30.3 Å². The van der Waals surface area contributed by atoms with Crippen molar-refractivity contribution < 1.29 is 19.1 Å². The number of nitrogens with zero attached hydrogens (tertiary/aromatic N) is 1. The fourth-order valence-electron chi connectivity index (χ4n) is 4.08. The molecule has 4 rings (SSSR count). The Morgan fingerprint density at radius 3 is 2.16 bits per heavy atom. The summed E-state index contributed by atoms with van der Waals surface area (Å²) in [6.45, 7) is 0. The topological polar surface area (TPSA) is 75.7 Å². The molecule has 0 aromatic heterocycles. The number of alkyl halides is 2. The van der Waals surface area contributed by atoms with Crippen LogP contribution in [0, 0.1) is 11.8 Å². The summed E-state index contributed by atoms with van der Waals surface area (Å²) in [4.78, 5) is 40.1. The Hall–Kier alpha value is -1.90. The van der Waals surface area contributed by atoms with E-state index in [1.165, 1.54) is 12.0 Å². The van der Waals surface area contributed by atoms with Crippen molar-refractivity contribution in [2.75, 3.05) is 17.3 Å². The molecule has 6 nitrogen and oxygen atoms in total. The monoisotopic (exact) mass is 568 g/mol. The van der Waals surface area contributed by atoms with Gasteiger partial charge in [-0.3, -0.25) is 19.3 Å². The summed E-state index contributed by atoms with van der Waals surface area (Å²) >= 11 is 13.2. The number of ether oxygens (including phenoxy) is 1. The first-order valence-electron chi connectivity index (χ1n) is 9.71. The Morgan fingerprint density at radius 2 is 1.61 bits per heavy atom. The van der Waals surface area contributed by atoms with Crippen LogP contribution in [0.1, 0.15) is 23.2 Å². The maximum atomic E-state index is 12.9. The van der Waals surface area contributed by atoms with Crippen LogP contribution < -0.4 is 15.0 Å². The standard InChI is InChI=1S/C22H19Br2ClN2O4/c1-31-19-7-4-12(25)8-18(19)26-20(28)11-2-5-13(6-3-11)27-21(29)14-9-16(23)17(24)10-15(14)22(27)30/h2-8,14-17H,9-10H2,1H3,(H,26,28)/t14-,15+,16-,17-/m0/s1. The van der Waals surface area contributed by atoms with E-state index in [-0.39, 0.29) is 39.2 Å². The van der Waals surface area contributed by atoms with Gasteiger partial charge in [-0.25, -0.2) is 0 Å². The largest absolute Gasteiger partial charge is 0.495 e. The average molecular weight is 571 g/mol. The normalized spacial score (nSPS) is 25.4. The number of imide groups is 1. The van der Waals surface area contributed by atoms with Gasteiger partial charge in [0.25, 0.3) is 5.91 Å². The molecule has 1 N–H and O–H groups in total. The van der Waals surface area contributed by atoms with E-state index in [0.29, 0.717) is 40.6 Å². The molecule has 31 heavy (non-hydrogen) atoms. The fraction of sp³-hybridized carbons (Fsp3) is 0.318. The van der Waals surface area contributed by atoms with Crippen molar-refractivity contribution >= 4 is 72.6 Å². The highest BCUT2D eigenvalue weighted by molar-refractivity contribution is 9.12. The number of rotatable bonds is 4. The zero-order valence-electron chi connectivity index (χ0n) is 16.5. The van der Waals surface area contributed by atoms with E-state index in [9.17, 15) is 14.4 Å². The van der Waals surface area contributed by atoms with E-state index in [4.69, 9.17) is 16.3 Å². The van der Waals surface area contributed by atoms with E-state index in [0.717, 1.165) is 0 Å². The summed E-state index contributed by atoms with van der Waals surface area (Å²) in [7, 11) is 1.50. The van der Waals surface area contributed by atoms with Crippen LogP contribution in [0.3, 0.4) is 0 Å². The van der Waals surface area contributed by atoms with Gasteiger partial charge in [-0.1, -0.05) is 43.5 Å². The molecule has 0 unspecified atom stereocenters. The summed E-state index contributed by atoms with van der Waals surface area (Å²) in [5.74, 6) is -0.864. The number of benzene rings is 2. The lowest BCUT2D eigenvalue weighted by molar-refractivity contribution is -0.122. The van der Waals surface area contributed by atoms with Gasteiger partial charge in [0.2, 0.25) is 11.8 Å². The Morgan fingerprint density at radius 1 is 1.03 bits per heavy atom. The van der Waals surface area contributed by atoms with Crippen molar-refractivity contribution in [1.82, 2.24) is 0 Å². The Labute approximate surface area is 201 Å². The number of halogens is 3. The smallest absolute Gasteiger partial charge is 0.255 e. The third-order valence-corrected chi connectivity index (χ3v) is 8.68. The first-order chi connectivity index (χ1) is 14.8. The van der Waals surface area contributed by atoms with Crippen LogP contribution in [-0.2, 0) is 9.59 Å². The quantitative estimate of drug-likeness (QED) is 0.414. The minimum atomic E-state index is -0.357. The van der Waals surface area contributed by atoms with E-state index < -0.39 is 0 Å². The van der Waals surface area contributed by atoms with Crippen molar-refractivity contribution in [3.8, 4) is 5.75 Å². The Kier molecular flexibility index (Phi) is 6.42. The van der Waals surface area contributed by atoms with Gasteiger partial charge < -0.3 is 10.1 Å². The molecule has 0 spiro atoms. The Bertz CT molecular complexity index is 1020. The predicted molar refractivity (Wildman–Crippen MR) is 127 cm³/mol. The maximum absolute atomic E-state index is 12.9. The molecule has 2 aliphatic rings. The van der Waals surface area contributed by atoms with Gasteiger partial charge >= 0.3 is 0 Å². The lowest BCUT2D eigenvalue weighted by Gasteiger charge is -2.29. The van der Waals surface area contributed by atoms with E-state index >= 15 is 0 Å². The molecule has 3 amide bonds. The summed E-state index contributed by atoms with van der Waals surface area (Å²) in [6, 6.07) is 11.4. The molecule has 0 radical (unpaired) electrons. The Balaban J connectivity index is 1.52. The maximum Gasteiger partial charge on any atom is 0.255 e. The molecule has 0 bridgehead atoms. The van der Waals surface area contributed by atoms with Crippen LogP contribution in [0.5, 0.6) is 5.75 Å². The number of fused-ring (bicyclic) bond motifs is 1. The van der Waals surface area contributed by atoms with Gasteiger partial charge in [0.1, 0.15) is 5.75 Å². The third kappa shape index (κ3) is 4.25. The molecular formula is C22H19Br2ClN2O4. The summed E-state index contributed by atoms with van der Waals surface area (Å²) in [5, 5.41) is 3.24. The number of nitrogens with one attached hydrogen (secondary N) is 1. The molecule has 162 valence electrons. The zero-order chi connectivity index (χ0) is 22.3. The van der Waals surface area contributed by atoms with Crippen LogP contribution in [-0.4, -0.2) is 34.5 Å². The molecule has 1 saturated heterocycles. The number of amides is 3. The molecule has 2 aromatic rings. The number of methoxy groups -OCH3 is 1. The second-order valence-electron chi connectivity index (χ2n) is 7.57. The molecule has 1 aliphatic carbocycles.